The molecule has 0 atom stereocenters. The zero-order chi connectivity index (χ0) is 93.7. The first-order valence-corrected chi connectivity index (χ1v) is 47.8. The lowest BCUT2D eigenvalue weighted by Crippen LogP contribution is -2.06. The van der Waals surface area contributed by atoms with E-state index in [4.69, 9.17) is 44.9 Å². The molecule has 662 valence electrons. The summed E-state index contributed by atoms with van der Waals surface area (Å²) in [6.07, 6.45) is 0. The van der Waals surface area contributed by atoms with Gasteiger partial charge in [-0.3, -0.25) is 9.13 Å². The van der Waals surface area contributed by atoms with Crippen LogP contribution in [0.3, 0.4) is 0 Å². The van der Waals surface area contributed by atoms with Crippen molar-refractivity contribution in [3.8, 4) is 181 Å². The van der Waals surface area contributed by atoms with Crippen molar-refractivity contribution in [2.24, 2.45) is 0 Å². The molecule has 13 heteroatoms. The van der Waals surface area contributed by atoms with Gasteiger partial charge in [-0.2, -0.15) is 19.9 Å². The van der Waals surface area contributed by atoms with E-state index in [1.54, 1.807) is 0 Å². The van der Waals surface area contributed by atoms with Crippen molar-refractivity contribution in [3.05, 3.63) is 491 Å². The highest BCUT2D eigenvalue weighted by atomic mass is 15.2. The largest absolute Gasteiger partial charge is 0.309 e. The second-order valence-corrected chi connectivity index (χ2v) is 36.0. The van der Waals surface area contributed by atoms with Gasteiger partial charge in [-0.25, -0.2) is 24.9 Å². The van der Waals surface area contributed by atoms with Crippen LogP contribution in [0, 0.1) is 0 Å². The van der Waals surface area contributed by atoms with Gasteiger partial charge in [0.2, 0.25) is 11.9 Å². The van der Waals surface area contributed by atoms with E-state index < -0.39 is 0 Å². The zero-order valence-corrected chi connectivity index (χ0v) is 76.6. The summed E-state index contributed by atoms with van der Waals surface area (Å²) in [5.74, 6) is 5.17. The molecule has 0 N–H and O–H groups in total. The Morgan fingerprint density at radius 2 is 0.303 bits per heavy atom. The Hall–Kier alpha value is -19.4. The third kappa shape index (κ3) is 14.7. The topological polar surface area (TPSA) is 136 Å². The molecule has 7 aromatic heterocycles. The van der Waals surface area contributed by atoms with Crippen LogP contribution in [-0.4, -0.2) is 63.1 Å². The lowest BCUT2D eigenvalue weighted by molar-refractivity contribution is 0.953. The fourth-order valence-electron chi connectivity index (χ4n) is 20.6. The summed E-state index contributed by atoms with van der Waals surface area (Å²) in [6.45, 7) is 0. The van der Waals surface area contributed by atoms with E-state index >= 15 is 0 Å². The van der Waals surface area contributed by atoms with E-state index in [0.29, 0.717) is 52.7 Å². The van der Waals surface area contributed by atoms with Gasteiger partial charge in [-0.15, -0.1) is 0 Å². The van der Waals surface area contributed by atoms with Gasteiger partial charge in [0.1, 0.15) is 0 Å². The number of benzene rings is 20. The molecule has 0 aliphatic carbocycles. The van der Waals surface area contributed by atoms with Crippen LogP contribution >= 0.6 is 0 Å². The molecule has 0 unspecified atom stereocenters. The Morgan fingerprint density at radius 3 is 0.634 bits per heavy atom. The van der Waals surface area contributed by atoms with E-state index in [1.807, 2.05) is 78.9 Å². The van der Waals surface area contributed by atoms with Gasteiger partial charge in [0.05, 0.1) is 44.1 Å². The first-order valence-electron chi connectivity index (χ1n) is 47.8. The van der Waals surface area contributed by atoms with Crippen molar-refractivity contribution < 1.29 is 0 Å². The predicted octanol–water partition coefficient (Wildman–Crippen LogP) is 32.0. The average Bonchev–Trinajstić information content (AvgIpc) is 1.59. The van der Waals surface area contributed by atoms with Crippen LogP contribution in [0.25, 0.3) is 268 Å². The molecule has 13 nitrogen and oxygen atoms in total. The molecule has 7 heterocycles. The Kier molecular flexibility index (Phi) is 19.9. The highest BCUT2D eigenvalue weighted by Crippen LogP contribution is 2.45. The summed E-state index contributed by atoms with van der Waals surface area (Å²) in [6, 6.07) is 174. The molecular formula is C129H81N13. The molecule has 0 fully saturated rings. The molecular weight excluding hydrogens is 1730 g/mol. The summed E-state index contributed by atoms with van der Waals surface area (Å²) in [7, 11) is 0. The van der Waals surface area contributed by atoms with Crippen LogP contribution in [0.4, 0.5) is 0 Å². The van der Waals surface area contributed by atoms with Gasteiger partial charge in [-0.05, 0) is 181 Å². The van der Waals surface area contributed by atoms with Crippen molar-refractivity contribution in [2.45, 2.75) is 0 Å². The van der Waals surface area contributed by atoms with Crippen molar-refractivity contribution in [1.82, 2.24) is 63.1 Å². The molecule has 0 saturated heterocycles. The molecule has 0 amide bonds. The van der Waals surface area contributed by atoms with Gasteiger partial charge >= 0.3 is 0 Å². The Labute approximate surface area is 817 Å². The summed E-state index contributed by atoms with van der Waals surface area (Å²) in [5, 5.41) is 9.01. The standard InChI is InChI=1S/C129H81N13/c1-6-26-82(27-7-1)85-48-56-92(57-49-85)121-130-122(93-58-50-86(51-59-93)83-28-8-2-9-29-83)132-127(131-121)102-38-25-39-104(77-102)140-114-45-21-17-41-106(114)110-79-99(67-73-118(110)140)98-66-72-117-109(78-98)105-40-16-20-44-113(105)139(117)103-70-64-89(65-71-103)97-37-24-36-96(76-97)88-54-62-95(63-55-88)126-134-125(94-60-52-87(53-61-94)84-30-10-3-11-31-84)137-129(138-126)142-116-47-23-19-43-108(116)112-81-101(69-75-120(112)142)100-68-74-119-111(80-100)107-42-18-22-46-115(107)141(119)128-135-123(90-32-12-4-13-33-90)133-124(136-128)91-34-14-5-15-35-91/h1-81H. The number of hydrogen-bond donors (Lipinski definition) is 0. The van der Waals surface area contributed by atoms with Crippen LogP contribution in [0.15, 0.2) is 491 Å². The maximum Gasteiger partial charge on any atom is 0.238 e. The lowest BCUT2D eigenvalue weighted by atomic mass is 9.98. The van der Waals surface area contributed by atoms with Gasteiger partial charge in [0.15, 0.2) is 40.8 Å². The van der Waals surface area contributed by atoms with Crippen molar-refractivity contribution in [1.29, 1.82) is 0 Å². The summed E-state index contributed by atoms with van der Waals surface area (Å²) in [5.41, 5.74) is 32.3. The molecule has 0 radical (unpaired) electrons. The van der Waals surface area contributed by atoms with Crippen LogP contribution in [0.2, 0.25) is 0 Å². The quantitative estimate of drug-likeness (QED) is 0.0822. The van der Waals surface area contributed by atoms with E-state index in [2.05, 4.69) is 431 Å². The number of aromatic nitrogens is 13. The third-order valence-corrected chi connectivity index (χ3v) is 27.6. The van der Waals surface area contributed by atoms with Crippen LogP contribution in [0.1, 0.15) is 0 Å². The minimum atomic E-state index is 0.513. The number of para-hydroxylation sites is 4. The highest BCUT2D eigenvalue weighted by molar-refractivity contribution is 6.15. The van der Waals surface area contributed by atoms with Crippen LogP contribution in [0.5, 0.6) is 0 Å². The van der Waals surface area contributed by atoms with E-state index in [0.717, 1.165) is 205 Å². The minimum Gasteiger partial charge on any atom is -0.309 e. The van der Waals surface area contributed by atoms with E-state index in [1.165, 1.54) is 10.8 Å². The second-order valence-electron chi connectivity index (χ2n) is 36.0. The maximum absolute atomic E-state index is 5.46. The van der Waals surface area contributed by atoms with Crippen molar-refractivity contribution in [3.63, 3.8) is 0 Å². The Balaban J connectivity index is 0.485. The normalized spacial score (nSPS) is 11.7. The van der Waals surface area contributed by atoms with Gasteiger partial charge in [0, 0.05) is 93.4 Å². The first kappa shape index (κ1) is 82.1. The molecule has 0 bridgehead atoms. The molecule has 0 aliphatic rings. The van der Waals surface area contributed by atoms with Gasteiger partial charge in [0.25, 0.3) is 0 Å². The molecule has 0 saturated carbocycles. The van der Waals surface area contributed by atoms with Crippen molar-refractivity contribution in [2.75, 3.05) is 0 Å². The fraction of sp³-hybridized carbons (Fsp3) is 0. The molecule has 20 aromatic carbocycles. The molecule has 0 aliphatic heterocycles. The summed E-state index contributed by atoms with van der Waals surface area (Å²) >= 11 is 0. The molecule has 27 aromatic rings. The number of fused-ring (bicyclic) bond motifs is 12. The smallest absolute Gasteiger partial charge is 0.238 e. The minimum absolute atomic E-state index is 0.513. The SMILES string of the molecule is c1ccc(-c2ccc(-c3nc(-c4ccc(-c5ccccc5)cc4)nc(-c4cccc(-n5c6ccccc6c6cc(-c7ccc8c(c7)c7ccccc7n8-c7ccc(-c8cccc(-c9ccc(-c%10nc(-c%11ccc(-c%12ccccc%12)cc%11)nc(-n%11c%12ccccc%12c%12cc(-c%13ccc%14c(c%13)c%13ccccc%13n%14-c%13nc(-c%14ccccc%14)nc(-c%14ccccc%14)n%13)ccc%12%11)n%10)cc9)c8)cc7)ccc65)c4)n3)cc2)cc1. The zero-order valence-electron chi connectivity index (χ0n) is 76.6. The monoisotopic (exact) mass is 1810 g/mol. The number of hydrogen-bond acceptors (Lipinski definition) is 9. The van der Waals surface area contributed by atoms with Crippen LogP contribution in [-0.2, 0) is 0 Å². The third-order valence-electron chi connectivity index (χ3n) is 27.6. The van der Waals surface area contributed by atoms with Gasteiger partial charge < -0.3 is 9.13 Å². The van der Waals surface area contributed by atoms with E-state index in [-0.39, 0.29) is 0 Å². The molecule has 0 spiro atoms. The molecule has 142 heavy (non-hydrogen) atoms. The Bertz CT molecular complexity index is 9440. The number of rotatable bonds is 18. The van der Waals surface area contributed by atoms with E-state index in [9.17, 15) is 0 Å². The fourth-order valence-corrected chi connectivity index (χ4v) is 20.6. The van der Waals surface area contributed by atoms with Gasteiger partial charge in [-0.1, -0.05) is 388 Å². The second kappa shape index (κ2) is 34.5. The summed E-state index contributed by atoms with van der Waals surface area (Å²) < 4.78 is 9.14. The number of nitrogens with zero attached hydrogens (tertiary/aromatic N) is 13. The van der Waals surface area contributed by atoms with Crippen LogP contribution < -0.4 is 0 Å². The maximum atomic E-state index is 5.46. The lowest BCUT2D eigenvalue weighted by Gasteiger charge is -2.12. The highest BCUT2D eigenvalue weighted by Gasteiger charge is 2.26. The predicted molar refractivity (Wildman–Crippen MR) is 580 cm³/mol. The Morgan fingerprint density at radius 1 is 0.106 bits per heavy atom. The first-order chi connectivity index (χ1) is 70.3. The summed E-state index contributed by atoms with van der Waals surface area (Å²) in [4.78, 5) is 47.4. The van der Waals surface area contributed by atoms with Crippen molar-refractivity contribution >= 4 is 87.2 Å². The average molecular weight is 1810 g/mol. The molecule has 27 rings (SSSR count).